The minimum Gasteiger partial charge on any atom is -0.405 e. The van der Waals surface area contributed by atoms with Gasteiger partial charge in [0.25, 0.3) is 0 Å². The molecule has 0 aliphatic heterocycles. The normalized spacial score (nSPS) is 12.3. The van der Waals surface area contributed by atoms with E-state index in [1.54, 1.807) is 12.1 Å². The van der Waals surface area contributed by atoms with Crippen molar-refractivity contribution >= 4 is 0 Å². The fourth-order valence-electron chi connectivity index (χ4n) is 2.28. The number of rotatable bonds is 2. The van der Waals surface area contributed by atoms with Crippen LogP contribution in [0, 0.1) is 6.92 Å². The van der Waals surface area contributed by atoms with Crippen LogP contribution in [-0.4, -0.2) is 6.36 Å². The molecule has 0 spiro atoms. The summed E-state index contributed by atoms with van der Waals surface area (Å²) in [6.45, 7) is 8.09. The number of benzene rings is 2. The molecule has 0 N–H and O–H groups in total. The lowest BCUT2D eigenvalue weighted by Gasteiger charge is -2.22. The molecule has 0 unspecified atom stereocenters. The van der Waals surface area contributed by atoms with Crippen LogP contribution in [0.3, 0.4) is 0 Å². The summed E-state index contributed by atoms with van der Waals surface area (Å²) in [6.07, 6.45) is -4.70. The zero-order valence-corrected chi connectivity index (χ0v) is 13.1. The zero-order chi connectivity index (χ0) is 16.5. The fourth-order valence-corrected chi connectivity index (χ4v) is 2.28. The van der Waals surface area contributed by atoms with Gasteiger partial charge in [0.05, 0.1) is 0 Å². The van der Waals surface area contributed by atoms with Crippen molar-refractivity contribution < 1.29 is 17.9 Å². The molecule has 0 saturated carbocycles. The zero-order valence-electron chi connectivity index (χ0n) is 13.1. The maximum Gasteiger partial charge on any atom is 0.573 e. The van der Waals surface area contributed by atoms with Gasteiger partial charge in [-0.1, -0.05) is 57.2 Å². The Morgan fingerprint density at radius 3 is 2.09 bits per heavy atom. The van der Waals surface area contributed by atoms with Crippen molar-refractivity contribution in [2.45, 2.75) is 39.5 Å². The third-order valence-corrected chi connectivity index (χ3v) is 3.51. The van der Waals surface area contributed by atoms with Crippen LogP contribution >= 0.6 is 0 Å². The van der Waals surface area contributed by atoms with Gasteiger partial charge in [0.2, 0.25) is 0 Å². The van der Waals surface area contributed by atoms with Gasteiger partial charge in [-0.15, -0.1) is 13.2 Å². The predicted octanol–water partition coefficient (Wildman–Crippen LogP) is 5.86. The van der Waals surface area contributed by atoms with Crippen molar-refractivity contribution in [3.63, 3.8) is 0 Å². The summed E-state index contributed by atoms with van der Waals surface area (Å²) >= 11 is 0. The van der Waals surface area contributed by atoms with Crippen LogP contribution < -0.4 is 4.74 Å². The highest BCUT2D eigenvalue weighted by atomic mass is 19.4. The van der Waals surface area contributed by atoms with Crippen molar-refractivity contribution in [2.24, 2.45) is 0 Å². The van der Waals surface area contributed by atoms with E-state index in [0.29, 0.717) is 5.56 Å². The Kier molecular flexibility index (Phi) is 4.23. The molecule has 22 heavy (non-hydrogen) atoms. The van der Waals surface area contributed by atoms with Crippen molar-refractivity contribution in [3.8, 4) is 16.9 Å². The Balaban J connectivity index is 2.57. The summed E-state index contributed by atoms with van der Waals surface area (Å²) < 4.78 is 41.9. The minimum atomic E-state index is -4.70. The average Bonchev–Trinajstić information content (AvgIpc) is 2.37. The number of halogens is 3. The van der Waals surface area contributed by atoms with Crippen LogP contribution in [0.1, 0.15) is 31.9 Å². The second-order valence-electron chi connectivity index (χ2n) is 6.32. The first kappa shape index (κ1) is 16.4. The summed E-state index contributed by atoms with van der Waals surface area (Å²) in [5.41, 5.74) is 3.10. The molecule has 1 nitrogen and oxygen atoms in total. The van der Waals surface area contributed by atoms with E-state index in [4.69, 9.17) is 0 Å². The smallest absolute Gasteiger partial charge is 0.405 e. The van der Waals surface area contributed by atoms with Crippen LogP contribution in [0.5, 0.6) is 5.75 Å². The standard InChI is InChI=1S/C18H19F3O/c1-12-9-10-13(17(2,3)4)11-15(12)14-7-5-6-8-16(14)22-18(19,20)21/h5-11H,1-4H3. The van der Waals surface area contributed by atoms with Crippen molar-refractivity contribution in [1.29, 1.82) is 0 Å². The molecule has 0 amide bonds. The Bertz CT molecular complexity index is 667. The van der Waals surface area contributed by atoms with Crippen LogP contribution in [-0.2, 0) is 5.41 Å². The predicted molar refractivity (Wildman–Crippen MR) is 82.0 cm³/mol. The largest absolute Gasteiger partial charge is 0.573 e. The van der Waals surface area contributed by atoms with E-state index < -0.39 is 6.36 Å². The molecule has 4 heteroatoms. The van der Waals surface area contributed by atoms with E-state index >= 15 is 0 Å². The van der Waals surface area contributed by atoms with Gasteiger partial charge < -0.3 is 4.74 Å². The molecule has 0 saturated heterocycles. The first-order chi connectivity index (χ1) is 10.1. The van der Waals surface area contributed by atoms with Gasteiger partial charge >= 0.3 is 6.36 Å². The first-order valence-electron chi connectivity index (χ1n) is 7.04. The minimum absolute atomic E-state index is 0.0811. The second-order valence-corrected chi connectivity index (χ2v) is 6.32. The Morgan fingerprint density at radius 1 is 0.864 bits per heavy atom. The highest BCUT2D eigenvalue weighted by Gasteiger charge is 2.32. The molecule has 2 aromatic rings. The molecule has 2 aromatic carbocycles. The molecule has 0 bridgehead atoms. The molecular weight excluding hydrogens is 289 g/mol. The molecule has 0 aliphatic rings. The molecule has 0 atom stereocenters. The Labute approximate surface area is 128 Å². The van der Waals surface area contributed by atoms with Gasteiger partial charge in [-0.2, -0.15) is 0 Å². The summed E-state index contributed by atoms with van der Waals surface area (Å²) in [4.78, 5) is 0. The van der Waals surface area contributed by atoms with Crippen molar-refractivity contribution in [2.75, 3.05) is 0 Å². The maximum atomic E-state index is 12.6. The monoisotopic (exact) mass is 308 g/mol. The Hall–Kier alpha value is -1.97. The van der Waals surface area contributed by atoms with Gasteiger partial charge in [-0.25, -0.2) is 0 Å². The van der Waals surface area contributed by atoms with E-state index in [1.165, 1.54) is 12.1 Å². The van der Waals surface area contributed by atoms with Crippen LogP contribution in [0.4, 0.5) is 13.2 Å². The molecule has 0 aliphatic carbocycles. The van der Waals surface area contributed by atoms with Gasteiger partial charge in [-0.3, -0.25) is 0 Å². The number of hydrogen-bond acceptors (Lipinski definition) is 1. The SMILES string of the molecule is Cc1ccc(C(C)(C)C)cc1-c1ccccc1OC(F)(F)F. The topological polar surface area (TPSA) is 9.23 Å². The average molecular weight is 308 g/mol. The second kappa shape index (κ2) is 5.67. The van der Waals surface area contributed by atoms with Gasteiger partial charge in [-0.05, 0) is 35.1 Å². The van der Waals surface area contributed by atoms with E-state index in [1.807, 2.05) is 25.1 Å². The lowest BCUT2D eigenvalue weighted by atomic mass is 9.84. The summed E-state index contributed by atoms with van der Waals surface area (Å²) in [5.74, 6) is -0.177. The molecule has 0 fully saturated rings. The summed E-state index contributed by atoms with van der Waals surface area (Å²) in [6, 6.07) is 12.1. The third kappa shape index (κ3) is 3.81. The number of hydrogen-bond donors (Lipinski definition) is 0. The Morgan fingerprint density at radius 2 is 1.50 bits per heavy atom. The quantitative estimate of drug-likeness (QED) is 0.675. The number of para-hydroxylation sites is 1. The summed E-state index contributed by atoms with van der Waals surface area (Å²) in [5, 5.41) is 0. The fraction of sp³-hybridized carbons (Fsp3) is 0.333. The molecule has 2 rings (SSSR count). The van der Waals surface area contributed by atoms with Crippen LogP contribution in [0.25, 0.3) is 11.1 Å². The molecule has 0 radical (unpaired) electrons. The van der Waals surface area contributed by atoms with Gasteiger partial charge in [0.1, 0.15) is 5.75 Å². The van der Waals surface area contributed by atoms with Crippen LogP contribution in [0.15, 0.2) is 42.5 Å². The van der Waals surface area contributed by atoms with E-state index in [-0.39, 0.29) is 11.2 Å². The lowest BCUT2D eigenvalue weighted by Crippen LogP contribution is -2.17. The molecular formula is C18H19F3O. The van der Waals surface area contributed by atoms with Crippen LogP contribution in [0.2, 0.25) is 0 Å². The first-order valence-corrected chi connectivity index (χ1v) is 7.04. The summed E-state index contributed by atoms with van der Waals surface area (Å²) in [7, 11) is 0. The molecule has 0 heterocycles. The van der Waals surface area contributed by atoms with Crippen molar-refractivity contribution in [3.05, 3.63) is 53.6 Å². The highest BCUT2D eigenvalue weighted by molar-refractivity contribution is 5.74. The van der Waals surface area contributed by atoms with E-state index in [0.717, 1.165) is 16.7 Å². The number of ether oxygens (including phenoxy) is 1. The highest BCUT2D eigenvalue weighted by Crippen LogP contribution is 2.37. The number of alkyl halides is 3. The third-order valence-electron chi connectivity index (χ3n) is 3.51. The molecule has 0 aromatic heterocycles. The van der Waals surface area contributed by atoms with Crippen molar-refractivity contribution in [1.82, 2.24) is 0 Å². The van der Waals surface area contributed by atoms with E-state index in [9.17, 15) is 13.2 Å². The van der Waals surface area contributed by atoms with Gasteiger partial charge in [0.15, 0.2) is 0 Å². The van der Waals surface area contributed by atoms with E-state index in [2.05, 4.69) is 25.5 Å². The lowest BCUT2D eigenvalue weighted by molar-refractivity contribution is -0.274. The maximum absolute atomic E-state index is 12.6. The molecule has 118 valence electrons. The van der Waals surface area contributed by atoms with Gasteiger partial charge in [0, 0.05) is 5.56 Å². The number of aryl methyl sites for hydroxylation is 1.